The number of hydrogen-bond acceptors (Lipinski definition) is 5. The molecule has 0 amide bonds. The van der Waals surface area contributed by atoms with E-state index in [1.807, 2.05) is 6.92 Å². The smallest absolute Gasteiger partial charge is 0.156 e. The van der Waals surface area contributed by atoms with Crippen LogP contribution in [0, 0.1) is 64.1 Å². The zero-order chi connectivity index (χ0) is 15.1. The highest BCUT2D eigenvalue weighted by Gasteiger charge is 2.23. The van der Waals surface area contributed by atoms with Gasteiger partial charge in [0.05, 0.1) is 24.3 Å². The van der Waals surface area contributed by atoms with Gasteiger partial charge in [0.1, 0.15) is 0 Å². The van der Waals surface area contributed by atoms with Crippen LogP contribution in [0.4, 0.5) is 0 Å². The molecule has 96 valence electrons. The Kier molecular flexibility index (Phi) is 4.88. The molecule has 1 aromatic rings. The molecule has 0 aliphatic carbocycles. The van der Waals surface area contributed by atoms with Crippen molar-refractivity contribution in [3.8, 4) is 24.3 Å². The van der Waals surface area contributed by atoms with Gasteiger partial charge in [-0.1, -0.05) is 35.6 Å². The minimum Gasteiger partial charge on any atom is -0.872 e. The van der Waals surface area contributed by atoms with Crippen LogP contribution < -0.4 is 5.11 Å². The summed E-state index contributed by atoms with van der Waals surface area (Å²) in [6, 6.07) is 13.0. The van der Waals surface area contributed by atoms with E-state index in [1.54, 1.807) is 36.4 Å². The molecule has 0 fully saturated rings. The van der Waals surface area contributed by atoms with Crippen LogP contribution in [-0.4, -0.2) is 0 Å². The molecule has 0 N–H and O–H groups in total. The van der Waals surface area contributed by atoms with E-state index in [9.17, 15) is 5.11 Å². The van der Waals surface area contributed by atoms with E-state index < -0.39 is 17.6 Å². The zero-order valence-corrected chi connectivity index (χ0v) is 10.7. The van der Waals surface area contributed by atoms with E-state index in [2.05, 4.69) is 0 Å². The lowest BCUT2D eigenvalue weighted by Gasteiger charge is -2.21. The van der Waals surface area contributed by atoms with Crippen molar-refractivity contribution in [3.63, 3.8) is 0 Å². The number of aryl methyl sites for hydroxylation is 1. The topological polar surface area (TPSA) is 118 Å². The zero-order valence-electron chi connectivity index (χ0n) is 10.7. The van der Waals surface area contributed by atoms with Crippen molar-refractivity contribution < 1.29 is 5.11 Å². The largest absolute Gasteiger partial charge is 0.872 e. The summed E-state index contributed by atoms with van der Waals surface area (Å²) >= 11 is 0. The molecule has 0 aliphatic rings. The lowest BCUT2D eigenvalue weighted by Crippen LogP contribution is -2.17. The first-order chi connectivity index (χ1) is 9.58. The maximum Gasteiger partial charge on any atom is 0.156 e. The summed E-state index contributed by atoms with van der Waals surface area (Å²) in [6.07, 6.45) is 0. The van der Waals surface area contributed by atoms with Crippen molar-refractivity contribution in [1.29, 1.82) is 21.0 Å². The van der Waals surface area contributed by atoms with Crippen LogP contribution in [-0.2, 0) is 0 Å². The number of nitriles is 4. The summed E-state index contributed by atoms with van der Waals surface area (Å²) in [5.41, 5.74) is 0.901. The van der Waals surface area contributed by atoms with E-state index in [0.29, 0.717) is 0 Å². The molecule has 1 aromatic carbocycles. The summed E-state index contributed by atoms with van der Waals surface area (Å²) in [6.45, 7) is 1.85. The highest BCUT2D eigenvalue weighted by atomic mass is 16.3. The summed E-state index contributed by atoms with van der Waals surface area (Å²) in [4.78, 5) is 0. The first-order valence-corrected chi connectivity index (χ1v) is 5.65. The molecule has 0 atom stereocenters. The Morgan fingerprint density at radius 3 is 1.65 bits per heavy atom. The Morgan fingerprint density at radius 1 is 0.900 bits per heavy atom. The average Bonchev–Trinajstić information content (AvgIpc) is 2.48. The SMILES string of the molecule is Cc1ccc(C([O-])=C(C(C#N)C#N)C(C#N)C#N)cc1. The van der Waals surface area contributed by atoms with E-state index >= 15 is 0 Å². The van der Waals surface area contributed by atoms with Gasteiger partial charge in [0, 0.05) is 0 Å². The van der Waals surface area contributed by atoms with Gasteiger partial charge in [0.15, 0.2) is 11.8 Å². The molecule has 0 saturated heterocycles. The van der Waals surface area contributed by atoms with Crippen LogP contribution >= 0.6 is 0 Å². The molecule has 0 radical (unpaired) electrons. The van der Waals surface area contributed by atoms with Crippen LogP contribution in [0.25, 0.3) is 5.76 Å². The Hall–Kier alpha value is -3.28. The summed E-state index contributed by atoms with van der Waals surface area (Å²) in [5, 5.41) is 48.0. The number of allylic oxidation sites excluding steroid dienone is 1. The quantitative estimate of drug-likeness (QED) is 0.761. The molecular weight excluding hydrogens is 252 g/mol. The van der Waals surface area contributed by atoms with Gasteiger partial charge in [-0.25, -0.2) is 0 Å². The number of rotatable bonds is 3. The number of nitrogens with zero attached hydrogens (tertiary/aromatic N) is 4. The molecule has 0 aromatic heterocycles. The molecule has 0 spiro atoms. The molecule has 0 bridgehead atoms. The van der Waals surface area contributed by atoms with Gasteiger partial charge in [-0.3, -0.25) is 0 Å². The van der Waals surface area contributed by atoms with Crippen LogP contribution in [0.2, 0.25) is 0 Å². The Morgan fingerprint density at radius 2 is 1.30 bits per heavy atom. The normalized spacial score (nSPS) is 9.15. The van der Waals surface area contributed by atoms with E-state index in [4.69, 9.17) is 21.0 Å². The van der Waals surface area contributed by atoms with Crippen molar-refractivity contribution in [2.45, 2.75) is 6.92 Å². The second-order valence-corrected chi connectivity index (χ2v) is 4.03. The summed E-state index contributed by atoms with van der Waals surface area (Å²) < 4.78 is 0. The van der Waals surface area contributed by atoms with Crippen molar-refractivity contribution in [3.05, 3.63) is 41.0 Å². The molecule has 5 heteroatoms. The van der Waals surface area contributed by atoms with Crippen LogP contribution in [0.3, 0.4) is 0 Å². The molecule has 0 unspecified atom stereocenters. The Bertz CT molecular complexity index is 628. The molecule has 5 nitrogen and oxygen atoms in total. The lowest BCUT2D eigenvalue weighted by molar-refractivity contribution is -0.245. The van der Waals surface area contributed by atoms with Crippen LogP contribution in [0.5, 0.6) is 0 Å². The van der Waals surface area contributed by atoms with Crippen molar-refractivity contribution in [2.75, 3.05) is 0 Å². The summed E-state index contributed by atoms with van der Waals surface area (Å²) in [7, 11) is 0. The molecule has 0 saturated carbocycles. The highest BCUT2D eigenvalue weighted by Crippen LogP contribution is 2.26. The molecular formula is C15H9N4O-. The second-order valence-electron chi connectivity index (χ2n) is 4.03. The maximum absolute atomic E-state index is 12.3. The fraction of sp³-hybridized carbons (Fsp3) is 0.200. The molecule has 0 aliphatic heterocycles. The minimum absolute atomic E-state index is 0.247. The third-order valence-electron chi connectivity index (χ3n) is 2.71. The van der Waals surface area contributed by atoms with Gasteiger partial charge in [-0.05, 0) is 18.1 Å². The Labute approximate surface area is 116 Å². The molecule has 0 heterocycles. The third-order valence-corrected chi connectivity index (χ3v) is 2.71. The van der Waals surface area contributed by atoms with Gasteiger partial charge < -0.3 is 5.11 Å². The van der Waals surface area contributed by atoms with Crippen LogP contribution in [0.15, 0.2) is 29.8 Å². The predicted molar refractivity (Wildman–Crippen MR) is 67.5 cm³/mol. The average molecular weight is 261 g/mol. The van der Waals surface area contributed by atoms with Gasteiger partial charge in [0.2, 0.25) is 0 Å². The van der Waals surface area contributed by atoms with Crippen molar-refractivity contribution in [2.24, 2.45) is 11.8 Å². The first kappa shape index (κ1) is 14.8. The lowest BCUT2D eigenvalue weighted by atomic mass is 9.88. The first-order valence-electron chi connectivity index (χ1n) is 5.65. The van der Waals surface area contributed by atoms with E-state index in [-0.39, 0.29) is 11.1 Å². The highest BCUT2D eigenvalue weighted by molar-refractivity contribution is 5.64. The number of benzene rings is 1. The minimum atomic E-state index is -1.41. The fourth-order valence-electron chi connectivity index (χ4n) is 1.64. The van der Waals surface area contributed by atoms with Gasteiger partial charge in [-0.2, -0.15) is 21.0 Å². The van der Waals surface area contributed by atoms with E-state index in [1.165, 1.54) is 12.1 Å². The van der Waals surface area contributed by atoms with E-state index in [0.717, 1.165) is 5.56 Å². The van der Waals surface area contributed by atoms with Gasteiger partial charge in [0.25, 0.3) is 0 Å². The number of hydrogen-bond donors (Lipinski definition) is 0. The fourth-order valence-corrected chi connectivity index (χ4v) is 1.64. The van der Waals surface area contributed by atoms with Crippen molar-refractivity contribution >= 4 is 5.76 Å². The second kappa shape index (κ2) is 6.60. The maximum atomic E-state index is 12.3. The predicted octanol–water partition coefficient (Wildman–Crippen LogP) is 1.39. The standard InChI is InChI=1S/C15H10N4O/c1-10-2-4-11(5-3-10)15(20)14(12(6-16)7-17)13(8-18)9-19/h2-5,12-13,20H,1H3/p-1. The van der Waals surface area contributed by atoms with Crippen LogP contribution in [0.1, 0.15) is 11.1 Å². The molecule has 1 rings (SSSR count). The summed E-state index contributed by atoms with van der Waals surface area (Å²) in [5.74, 6) is -3.44. The molecule has 20 heavy (non-hydrogen) atoms. The van der Waals surface area contributed by atoms with Gasteiger partial charge >= 0.3 is 0 Å². The third kappa shape index (κ3) is 2.94. The van der Waals surface area contributed by atoms with Gasteiger partial charge in [-0.15, -0.1) is 0 Å². The monoisotopic (exact) mass is 261 g/mol. The van der Waals surface area contributed by atoms with Crippen molar-refractivity contribution in [1.82, 2.24) is 0 Å². The Balaban J connectivity index is 3.51.